The molecule has 3 rings (SSSR count). The number of benzene rings is 1. The van der Waals surface area contributed by atoms with Crippen LogP contribution in [-0.2, 0) is 20.7 Å². The highest BCUT2D eigenvalue weighted by atomic mass is 32.1. The number of anilines is 1. The van der Waals surface area contributed by atoms with Gasteiger partial charge < -0.3 is 14.5 Å². The third kappa shape index (κ3) is 4.61. The lowest BCUT2D eigenvalue weighted by molar-refractivity contribution is -0.152. The van der Waals surface area contributed by atoms with Gasteiger partial charge in [-0.2, -0.15) is 0 Å². The van der Waals surface area contributed by atoms with E-state index in [0.717, 1.165) is 23.1 Å². The molecule has 0 saturated carbocycles. The van der Waals surface area contributed by atoms with Crippen LogP contribution >= 0.6 is 11.3 Å². The first-order chi connectivity index (χ1) is 13.3. The first kappa shape index (κ1) is 19.7. The molecule has 0 saturated heterocycles. The minimum atomic E-state index is -1.21. The predicted molar refractivity (Wildman–Crippen MR) is 98.8 cm³/mol. The Hall–Kier alpha value is -3.07. The van der Waals surface area contributed by atoms with Crippen molar-refractivity contribution in [1.82, 2.24) is 4.98 Å². The first-order valence-corrected chi connectivity index (χ1v) is 9.17. The van der Waals surface area contributed by atoms with Crippen LogP contribution in [0.2, 0.25) is 0 Å². The lowest BCUT2D eigenvalue weighted by atomic mass is 10.2. The van der Waals surface area contributed by atoms with Crippen molar-refractivity contribution in [2.45, 2.75) is 26.4 Å². The fraction of sp³-hybridized carbons (Fsp3) is 0.211. The average molecular weight is 406 g/mol. The van der Waals surface area contributed by atoms with E-state index in [9.17, 15) is 18.4 Å². The number of oxazole rings is 1. The highest BCUT2D eigenvalue weighted by Crippen LogP contribution is 2.26. The molecule has 1 N–H and O–H groups in total. The molecule has 0 aliphatic carbocycles. The standard InChI is InChI=1S/C19H16F2N2O4S/c1-10-14(23-19(27-10)16-4-3-7-28-16)9-17(24)26-11(2)18(25)22-15-8-12(20)5-6-13(15)21/h3-8,11H,9H2,1-2H3,(H,22,25). The van der Waals surface area contributed by atoms with Crippen LogP contribution in [0.5, 0.6) is 0 Å². The van der Waals surface area contributed by atoms with E-state index >= 15 is 0 Å². The van der Waals surface area contributed by atoms with Gasteiger partial charge in [0.2, 0.25) is 5.89 Å². The number of halogens is 2. The molecule has 0 aliphatic rings. The van der Waals surface area contributed by atoms with Gasteiger partial charge in [0, 0.05) is 6.07 Å². The van der Waals surface area contributed by atoms with E-state index in [4.69, 9.17) is 9.15 Å². The molecule has 1 atom stereocenters. The van der Waals surface area contributed by atoms with Gasteiger partial charge in [-0.25, -0.2) is 13.8 Å². The number of hydrogen-bond donors (Lipinski definition) is 1. The second-order valence-electron chi connectivity index (χ2n) is 5.92. The number of ether oxygens (including phenoxy) is 1. The molecule has 1 amide bonds. The number of aromatic nitrogens is 1. The number of thiophene rings is 1. The van der Waals surface area contributed by atoms with Crippen LogP contribution < -0.4 is 5.32 Å². The van der Waals surface area contributed by atoms with Gasteiger partial charge in [-0.15, -0.1) is 11.3 Å². The van der Waals surface area contributed by atoms with Crippen molar-refractivity contribution in [3.8, 4) is 10.8 Å². The monoisotopic (exact) mass is 406 g/mol. The van der Waals surface area contributed by atoms with Crippen molar-refractivity contribution >= 4 is 28.9 Å². The molecule has 0 spiro atoms. The third-order valence-corrected chi connectivity index (χ3v) is 4.66. The molecule has 146 valence electrons. The Kier molecular flexibility index (Phi) is 5.84. The summed E-state index contributed by atoms with van der Waals surface area (Å²) < 4.78 is 37.4. The van der Waals surface area contributed by atoms with Crippen LogP contribution in [0.4, 0.5) is 14.5 Å². The number of aryl methyl sites for hydroxylation is 1. The van der Waals surface area contributed by atoms with Crippen molar-refractivity contribution in [2.75, 3.05) is 5.32 Å². The van der Waals surface area contributed by atoms with E-state index in [-0.39, 0.29) is 12.1 Å². The van der Waals surface area contributed by atoms with Crippen molar-refractivity contribution in [3.05, 3.63) is 58.8 Å². The fourth-order valence-electron chi connectivity index (χ4n) is 2.35. The maximum absolute atomic E-state index is 13.6. The normalized spacial score (nSPS) is 11.9. The molecule has 0 aliphatic heterocycles. The second-order valence-corrected chi connectivity index (χ2v) is 6.87. The van der Waals surface area contributed by atoms with Crippen LogP contribution in [0.1, 0.15) is 18.4 Å². The number of hydrogen-bond acceptors (Lipinski definition) is 6. The number of nitrogens with zero attached hydrogens (tertiary/aromatic N) is 1. The summed E-state index contributed by atoms with van der Waals surface area (Å²) in [4.78, 5) is 29.3. The average Bonchev–Trinajstić information content (AvgIpc) is 3.28. The second kappa shape index (κ2) is 8.30. The van der Waals surface area contributed by atoms with E-state index in [1.165, 1.54) is 18.3 Å². The molecule has 6 nitrogen and oxygen atoms in total. The van der Waals surface area contributed by atoms with Crippen molar-refractivity contribution in [2.24, 2.45) is 0 Å². The smallest absolute Gasteiger partial charge is 0.312 e. The summed E-state index contributed by atoms with van der Waals surface area (Å²) in [6, 6.07) is 6.36. The Morgan fingerprint density at radius 2 is 2.11 bits per heavy atom. The van der Waals surface area contributed by atoms with Gasteiger partial charge in [-0.05, 0) is 37.4 Å². The molecule has 0 bridgehead atoms. The highest BCUT2D eigenvalue weighted by molar-refractivity contribution is 7.13. The molecule has 28 heavy (non-hydrogen) atoms. The first-order valence-electron chi connectivity index (χ1n) is 8.29. The molecule has 0 radical (unpaired) electrons. The molecular weight excluding hydrogens is 390 g/mol. The summed E-state index contributed by atoms with van der Waals surface area (Å²) in [6.45, 7) is 3.01. The van der Waals surface area contributed by atoms with Gasteiger partial charge in [-0.3, -0.25) is 9.59 Å². The number of amides is 1. The lowest BCUT2D eigenvalue weighted by Crippen LogP contribution is -2.31. The van der Waals surface area contributed by atoms with Gasteiger partial charge in [0.05, 0.1) is 22.7 Å². The van der Waals surface area contributed by atoms with E-state index < -0.39 is 29.6 Å². The van der Waals surface area contributed by atoms with Crippen LogP contribution in [-0.4, -0.2) is 23.0 Å². The zero-order valence-electron chi connectivity index (χ0n) is 15.0. The summed E-state index contributed by atoms with van der Waals surface area (Å²) in [5.41, 5.74) is 0.0676. The summed E-state index contributed by atoms with van der Waals surface area (Å²) in [5.74, 6) is -2.11. The number of carbonyl (C=O) groups excluding carboxylic acids is 2. The van der Waals surface area contributed by atoms with Crippen molar-refractivity contribution in [3.63, 3.8) is 0 Å². The molecule has 2 heterocycles. The SMILES string of the molecule is Cc1oc(-c2cccs2)nc1CC(=O)OC(C)C(=O)Nc1cc(F)ccc1F. The molecule has 0 fully saturated rings. The van der Waals surface area contributed by atoms with Crippen LogP contribution in [0, 0.1) is 18.6 Å². The Bertz CT molecular complexity index is 1000. The Morgan fingerprint density at radius 3 is 2.82 bits per heavy atom. The summed E-state index contributed by atoms with van der Waals surface area (Å²) >= 11 is 1.45. The molecule has 1 unspecified atom stereocenters. The van der Waals surface area contributed by atoms with E-state index in [2.05, 4.69) is 10.3 Å². The largest absolute Gasteiger partial charge is 0.452 e. The molecular formula is C19H16F2N2O4S. The van der Waals surface area contributed by atoms with Gasteiger partial charge in [-0.1, -0.05) is 6.07 Å². The predicted octanol–water partition coefficient (Wildman–Crippen LogP) is 4.10. The minimum absolute atomic E-state index is 0.188. The fourth-order valence-corrected chi connectivity index (χ4v) is 3.00. The third-order valence-electron chi connectivity index (χ3n) is 3.80. The number of esters is 1. The maximum atomic E-state index is 13.6. The van der Waals surface area contributed by atoms with Gasteiger partial charge in [0.25, 0.3) is 5.91 Å². The number of nitrogens with one attached hydrogen (secondary N) is 1. The quantitative estimate of drug-likeness (QED) is 0.623. The van der Waals surface area contributed by atoms with Gasteiger partial charge >= 0.3 is 5.97 Å². The lowest BCUT2D eigenvalue weighted by Gasteiger charge is -2.13. The summed E-state index contributed by atoms with van der Waals surface area (Å²) in [5, 5.41) is 4.07. The van der Waals surface area contributed by atoms with Crippen LogP contribution in [0.3, 0.4) is 0 Å². The molecule has 9 heteroatoms. The summed E-state index contributed by atoms with van der Waals surface area (Å²) in [7, 11) is 0. The molecule has 1 aromatic carbocycles. The topological polar surface area (TPSA) is 81.4 Å². The highest BCUT2D eigenvalue weighted by Gasteiger charge is 2.22. The Morgan fingerprint density at radius 1 is 1.32 bits per heavy atom. The van der Waals surface area contributed by atoms with Gasteiger partial charge in [0.1, 0.15) is 17.4 Å². The zero-order chi connectivity index (χ0) is 20.3. The molecule has 3 aromatic rings. The molecule has 2 aromatic heterocycles. The van der Waals surface area contributed by atoms with Crippen LogP contribution in [0.15, 0.2) is 40.1 Å². The minimum Gasteiger partial charge on any atom is -0.452 e. The number of carbonyl (C=O) groups is 2. The van der Waals surface area contributed by atoms with Crippen molar-refractivity contribution in [1.29, 1.82) is 0 Å². The Balaban J connectivity index is 1.60. The van der Waals surface area contributed by atoms with E-state index in [1.54, 1.807) is 6.92 Å². The van der Waals surface area contributed by atoms with E-state index in [0.29, 0.717) is 17.3 Å². The van der Waals surface area contributed by atoms with Crippen molar-refractivity contribution < 1.29 is 27.5 Å². The van der Waals surface area contributed by atoms with Gasteiger partial charge in [0.15, 0.2) is 6.10 Å². The van der Waals surface area contributed by atoms with Crippen LogP contribution in [0.25, 0.3) is 10.8 Å². The van der Waals surface area contributed by atoms with E-state index in [1.807, 2.05) is 17.5 Å². The Labute approximate surface area is 163 Å². The summed E-state index contributed by atoms with van der Waals surface area (Å²) in [6.07, 6.45) is -1.40. The zero-order valence-corrected chi connectivity index (χ0v) is 15.8. The number of rotatable bonds is 6. The maximum Gasteiger partial charge on any atom is 0.312 e.